The number of alkyl halides is 1. The molecule has 0 saturated heterocycles. The van der Waals surface area contributed by atoms with Crippen LogP contribution in [0.2, 0.25) is 0 Å². The van der Waals surface area contributed by atoms with E-state index in [1.807, 2.05) is 48.5 Å². The van der Waals surface area contributed by atoms with Crippen LogP contribution in [-0.4, -0.2) is 61.6 Å². The monoisotopic (exact) mass is 475 g/mol. The van der Waals surface area contributed by atoms with Gasteiger partial charge in [0.15, 0.2) is 0 Å². The van der Waals surface area contributed by atoms with Gasteiger partial charge in [0, 0.05) is 5.41 Å². The minimum absolute atomic E-state index is 0.108. The van der Waals surface area contributed by atoms with Crippen molar-refractivity contribution in [3.05, 3.63) is 71.5 Å². The molecule has 33 heavy (non-hydrogen) atoms. The van der Waals surface area contributed by atoms with Crippen molar-refractivity contribution in [3.8, 4) is 11.5 Å². The molecule has 3 rings (SSSR count). The van der Waals surface area contributed by atoms with Crippen molar-refractivity contribution in [1.82, 2.24) is 15.0 Å². The molecule has 0 spiro atoms. The number of hydrogen-bond acceptors (Lipinski definition) is 7. The van der Waals surface area contributed by atoms with Crippen LogP contribution in [-0.2, 0) is 18.6 Å². The Morgan fingerprint density at radius 2 is 1.42 bits per heavy atom. The Morgan fingerprint density at radius 3 is 1.88 bits per heavy atom. The van der Waals surface area contributed by atoms with E-state index in [9.17, 15) is 10.2 Å². The first-order valence-corrected chi connectivity index (χ1v) is 11.2. The minimum atomic E-state index is -0.763. The molecule has 178 valence electrons. The molecule has 0 aliphatic rings. The van der Waals surface area contributed by atoms with Crippen LogP contribution < -0.4 is 9.47 Å². The maximum absolute atomic E-state index is 10.2. The van der Waals surface area contributed by atoms with Crippen LogP contribution in [0.1, 0.15) is 30.7 Å². The number of halogens is 1. The van der Waals surface area contributed by atoms with Crippen LogP contribution in [0, 0.1) is 0 Å². The molecular weight excluding hydrogens is 446 g/mol. The van der Waals surface area contributed by atoms with Gasteiger partial charge >= 0.3 is 0 Å². The average molecular weight is 476 g/mol. The standard InChI is InChI=1S/C24H30ClN3O5/c1-24(2,17-3-7-22(8-4-17)32-15-20(30)11-25)18-5-9-23(10-6-18)33-16-21(31)13-28-12-19(14-29)26-27-28/h3-10,12,20-21,29-31H,11,13-16H2,1-2H3. The third kappa shape index (κ3) is 6.91. The first-order chi connectivity index (χ1) is 15.8. The summed E-state index contributed by atoms with van der Waals surface area (Å²) in [7, 11) is 0. The maximum Gasteiger partial charge on any atom is 0.119 e. The van der Waals surface area contributed by atoms with E-state index >= 15 is 0 Å². The van der Waals surface area contributed by atoms with Crippen molar-refractivity contribution < 1.29 is 24.8 Å². The second-order valence-electron chi connectivity index (χ2n) is 8.35. The molecule has 0 aliphatic heterocycles. The summed E-state index contributed by atoms with van der Waals surface area (Å²) in [6.45, 7) is 4.58. The molecule has 8 nitrogen and oxygen atoms in total. The largest absolute Gasteiger partial charge is 0.491 e. The number of aliphatic hydroxyl groups is 3. The molecule has 2 aromatic carbocycles. The van der Waals surface area contributed by atoms with Crippen molar-refractivity contribution in [3.63, 3.8) is 0 Å². The molecule has 0 aliphatic carbocycles. The van der Waals surface area contributed by atoms with E-state index in [1.54, 1.807) is 6.20 Å². The van der Waals surface area contributed by atoms with Gasteiger partial charge in [0.05, 0.1) is 25.2 Å². The summed E-state index contributed by atoms with van der Waals surface area (Å²) in [6, 6.07) is 15.6. The smallest absolute Gasteiger partial charge is 0.119 e. The summed E-state index contributed by atoms with van der Waals surface area (Å²) in [5.41, 5.74) is 2.44. The zero-order valence-corrected chi connectivity index (χ0v) is 19.5. The van der Waals surface area contributed by atoms with Crippen LogP contribution in [0.4, 0.5) is 0 Å². The predicted molar refractivity (Wildman–Crippen MR) is 125 cm³/mol. The SMILES string of the molecule is CC(C)(c1ccc(OCC(O)CCl)cc1)c1ccc(OCC(O)Cn2cc(CO)nn2)cc1. The van der Waals surface area contributed by atoms with Gasteiger partial charge in [0.2, 0.25) is 0 Å². The van der Waals surface area contributed by atoms with Gasteiger partial charge in [-0.1, -0.05) is 43.3 Å². The van der Waals surface area contributed by atoms with E-state index < -0.39 is 12.2 Å². The van der Waals surface area contributed by atoms with Gasteiger partial charge in [-0.05, 0) is 35.4 Å². The first-order valence-electron chi connectivity index (χ1n) is 10.7. The lowest BCUT2D eigenvalue weighted by Gasteiger charge is -2.26. The quantitative estimate of drug-likeness (QED) is 0.345. The zero-order chi connectivity index (χ0) is 23.8. The highest BCUT2D eigenvalue weighted by molar-refractivity contribution is 6.18. The fourth-order valence-electron chi connectivity index (χ4n) is 3.30. The fraction of sp³-hybridized carbons (Fsp3) is 0.417. The van der Waals surface area contributed by atoms with Crippen molar-refractivity contribution >= 4 is 11.6 Å². The molecule has 1 heterocycles. The van der Waals surface area contributed by atoms with Gasteiger partial charge in [-0.25, -0.2) is 4.68 Å². The van der Waals surface area contributed by atoms with Gasteiger partial charge < -0.3 is 24.8 Å². The molecule has 0 amide bonds. The molecule has 0 bridgehead atoms. The second-order valence-corrected chi connectivity index (χ2v) is 8.66. The van der Waals surface area contributed by atoms with Crippen LogP contribution in [0.25, 0.3) is 0 Å². The van der Waals surface area contributed by atoms with E-state index in [2.05, 4.69) is 24.2 Å². The lowest BCUT2D eigenvalue weighted by molar-refractivity contribution is 0.0888. The van der Waals surface area contributed by atoms with E-state index in [4.69, 9.17) is 26.2 Å². The molecule has 2 atom stereocenters. The molecule has 9 heteroatoms. The molecule has 0 fully saturated rings. The number of aliphatic hydroxyl groups excluding tert-OH is 3. The summed E-state index contributed by atoms with van der Waals surface area (Å²) in [6.07, 6.45) is 0.133. The minimum Gasteiger partial charge on any atom is -0.491 e. The second kappa shape index (κ2) is 11.5. The number of aromatic nitrogens is 3. The van der Waals surface area contributed by atoms with Crippen LogP contribution in [0.5, 0.6) is 11.5 Å². The van der Waals surface area contributed by atoms with E-state index in [0.29, 0.717) is 17.2 Å². The van der Waals surface area contributed by atoms with Gasteiger partial charge in [0.25, 0.3) is 0 Å². The van der Waals surface area contributed by atoms with Gasteiger partial charge in [0.1, 0.15) is 42.6 Å². The highest BCUT2D eigenvalue weighted by Crippen LogP contribution is 2.33. The number of hydrogen-bond donors (Lipinski definition) is 3. The summed E-state index contributed by atoms with van der Waals surface area (Å²) in [5, 5.41) is 36.3. The third-order valence-corrected chi connectivity index (χ3v) is 5.72. The number of nitrogens with zero attached hydrogens (tertiary/aromatic N) is 3. The van der Waals surface area contributed by atoms with Crippen LogP contribution in [0.15, 0.2) is 54.7 Å². The normalized spacial score (nSPS) is 13.5. The summed E-state index contributed by atoms with van der Waals surface area (Å²) < 4.78 is 12.7. The van der Waals surface area contributed by atoms with Crippen molar-refractivity contribution in [1.29, 1.82) is 0 Å². The first kappa shape index (κ1) is 25.0. The Labute approximate surface area is 198 Å². The molecular formula is C24H30ClN3O5. The summed E-state index contributed by atoms with van der Waals surface area (Å²) in [4.78, 5) is 0. The number of ether oxygens (including phenoxy) is 2. The van der Waals surface area contributed by atoms with Crippen molar-refractivity contribution in [2.75, 3.05) is 19.1 Å². The molecule has 2 unspecified atom stereocenters. The number of rotatable bonds is 12. The lowest BCUT2D eigenvalue weighted by Crippen LogP contribution is -2.24. The van der Waals surface area contributed by atoms with E-state index in [1.165, 1.54) is 4.68 Å². The Bertz CT molecular complexity index is 992. The lowest BCUT2D eigenvalue weighted by atomic mass is 9.78. The average Bonchev–Trinajstić information content (AvgIpc) is 3.29. The predicted octanol–water partition coefficient (Wildman–Crippen LogP) is 2.51. The van der Waals surface area contributed by atoms with Crippen molar-refractivity contribution in [2.24, 2.45) is 0 Å². The highest BCUT2D eigenvalue weighted by atomic mass is 35.5. The maximum atomic E-state index is 10.2. The van der Waals surface area contributed by atoms with E-state index in [0.717, 1.165) is 11.1 Å². The van der Waals surface area contributed by atoms with Crippen molar-refractivity contribution in [2.45, 2.75) is 44.6 Å². The Hall–Kier alpha value is -2.65. The van der Waals surface area contributed by atoms with Gasteiger partial charge in [-0.2, -0.15) is 0 Å². The zero-order valence-electron chi connectivity index (χ0n) is 18.8. The molecule has 1 aromatic heterocycles. The van der Waals surface area contributed by atoms with Crippen LogP contribution >= 0.6 is 11.6 Å². The van der Waals surface area contributed by atoms with Gasteiger partial charge in [-0.15, -0.1) is 16.7 Å². The topological polar surface area (TPSA) is 110 Å². The number of benzene rings is 2. The molecule has 0 radical (unpaired) electrons. The van der Waals surface area contributed by atoms with E-state index in [-0.39, 0.29) is 37.7 Å². The Kier molecular flexibility index (Phi) is 8.68. The van der Waals surface area contributed by atoms with Crippen LogP contribution in [0.3, 0.4) is 0 Å². The van der Waals surface area contributed by atoms with Gasteiger partial charge in [-0.3, -0.25) is 0 Å². The molecule has 3 N–H and O–H groups in total. The summed E-state index contributed by atoms with van der Waals surface area (Å²) >= 11 is 5.59. The molecule has 0 saturated carbocycles. The Balaban J connectivity index is 1.55. The molecule has 3 aromatic rings. The fourth-order valence-corrected chi connectivity index (χ4v) is 3.39. The Morgan fingerprint density at radius 1 is 0.909 bits per heavy atom. The highest BCUT2D eigenvalue weighted by Gasteiger charge is 2.23. The third-order valence-electron chi connectivity index (χ3n) is 5.36. The summed E-state index contributed by atoms with van der Waals surface area (Å²) in [5.74, 6) is 1.47.